The second-order valence-corrected chi connectivity index (χ2v) is 7.21. The molecule has 5 nitrogen and oxygen atoms in total. The molecule has 5 heteroatoms. The van der Waals surface area contributed by atoms with Crippen LogP contribution in [0.5, 0.6) is 5.75 Å². The number of hydrogen-bond acceptors (Lipinski definition) is 3. The lowest BCUT2D eigenvalue weighted by atomic mass is 9.93. The van der Waals surface area contributed by atoms with Crippen molar-refractivity contribution in [3.05, 3.63) is 64.7 Å². The lowest BCUT2D eigenvalue weighted by molar-refractivity contribution is -0.142. The standard InChI is InChI=1S/C23H29NO4/c1-5-12-28-20-14-19(11-8-16(20)3)22(17(4)23(26)27)24-21(25)13-18-9-6-15(2)7-10-18/h6-11,14,17,22H,5,12-13H2,1-4H3,(H,24,25)(H,26,27)/t17-,22+/m1/s1. The predicted octanol–water partition coefficient (Wildman–Crippen LogP) is 4.21. The Kier molecular flexibility index (Phi) is 7.61. The van der Waals surface area contributed by atoms with Crippen LogP contribution in [-0.4, -0.2) is 23.6 Å². The number of amides is 1. The van der Waals surface area contributed by atoms with Crippen molar-refractivity contribution in [2.75, 3.05) is 6.61 Å². The SMILES string of the molecule is CCCOc1cc([C@@H](NC(=O)Cc2ccc(C)cc2)[C@@H](C)C(=O)O)ccc1C. The number of carboxylic acid groups (broad SMARTS) is 1. The van der Waals surface area contributed by atoms with Gasteiger partial charge in [0.05, 0.1) is 25.0 Å². The number of carbonyl (C=O) groups excluding carboxylic acids is 1. The third kappa shape index (κ3) is 5.84. The molecule has 2 atom stereocenters. The Morgan fingerprint density at radius 2 is 1.79 bits per heavy atom. The average Bonchev–Trinajstić information content (AvgIpc) is 2.67. The van der Waals surface area contributed by atoms with Crippen LogP contribution < -0.4 is 10.1 Å². The van der Waals surface area contributed by atoms with Gasteiger partial charge in [-0.05, 0) is 49.9 Å². The van der Waals surface area contributed by atoms with Gasteiger partial charge in [0.15, 0.2) is 0 Å². The Balaban J connectivity index is 2.23. The van der Waals surface area contributed by atoms with E-state index in [0.29, 0.717) is 6.61 Å². The maximum Gasteiger partial charge on any atom is 0.308 e. The van der Waals surface area contributed by atoms with Gasteiger partial charge in [-0.25, -0.2) is 0 Å². The summed E-state index contributed by atoms with van der Waals surface area (Å²) in [5, 5.41) is 12.4. The van der Waals surface area contributed by atoms with Crippen LogP contribution >= 0.6 is 0 Å². The van der Waals surface area contributed by atoms with Crippen LogP contribution in [0, 0.1) is 19.8 Å². The summed E-state index contributed by atoms with van der Waals surface area (Å²) in [5.41, 5.74) is 3.72. The monoisotopic (exact) mass is 383 g/mol. The number of carboxylic acids is 1. The van der Waals surface area contributed by atoms with Crippen molar-refractivity contribution >= 4 is 11.9 Å². The zero-order valence-electron chi connectivity index (χ0n) is 17.0. The van der Waals surface area contributed by atoms with Gasteiger partial charge in [-0.1, -0.05) is 48.9 Å². The molecule has 1 amide bonds. The van der Waals surface area contributed by atoms with Gasteiger partial charge in [0.25, 0.3) is 0 Å². The number of ether oxygens (including phenoxy) is 1. The fourth-order valence-corrected chi connectivity index (χ4v) is 2.93. The smallest absolute Gasteiger partial charge is 0.308 e. The highest BCUT2D eigenvalue weighted by Crippen LogP contribution is 2.28. The average molecular weight is 383 g/mol. The number of aliphatic carboxylic acids is 1. The van der Waals surface area contributed by atoms with E-state index in [1.54, 1.807) is 6.92 Å². The molecule has 0 aliphatic heterocycles. The first-order chi connectivity index (χ1) is 13.3. The van der Waals surface area contributed by atoms with Crippen LogP contribution in [0.1, 0.15) is 48.6 Å². The molecule has 0 aliphatic carbocycles. The lowest BCUT2D eigenvalue weighted by Gasteiger charge is -2.24. The van der Waals surface area contributed by atoms with Crippen molar-refractivity contribution in [2.24, 2.45) is 5.92 Å². The molecule has 150 valence electrons. The summed E-state index contributed by atoms with van der Waals surface area (Å²) in [4.78, 5) is 24.2. The number of benzene rings is 2. The Hall–Kier alpha value is -2.82. The maximum absolute atomic E-state index is 12.6. The van der Waals surface area contributed by atoms with Crippen LogP contribution in [0.2, 0.25) is 0 Å². The lowest BCUT2D eigenvalue weighted by Crippen LogP contribution is -2.36. The summed E-state index contributed by atoms with van der Waals surface area (Å²) in [6.07, 6.45) is 1.08. The van der Waals surface area contributed by atoms with E-state index in [1.807, 2.05) is 63.2 Å². The van der Waals surface area contributed by atoms with E-state index >= 15 is 0 Å². The van der Waals surface area contributed by atoms with Gasteiger partial charge in [-0.15, -0.1) is 0 Å². The molecule has 2 N–H and O–H groups in total. The number of rotatable bonds is 9. The van der Waals surface area contributed by atoms with E-state index in [9.17, 15) is 14.7 Å². The van der Waals surface area contributed by atoms with E-state index in [2.05, 4.69) is 5.32 Å². The molecule has 0 fully saturated rings. The zero-order valence-corrected chi connectivity index (χ0v) is 17.0. The summed E-state index contributed by atoms with van der Waals surface area (Å²) >= 11 is 0. The number of hydrogen-bond donors (Lipinski definition) is 2. The molecule has 2 aromatic rings. The van der Waals surface area contributed by atoms with E-state index in [4.69, 9.17) is 4.74 Å². The van der Waals surface area contributed by atoms with Gasteiger partial charge < -0.3 is 15.2 Å². The molecule has 0 heterocycles. The molecule has 0 aliphatic rings. The van der Waals surface area contributed by atoms with Crippen molar-refractivity contribution in [3.8, 4) is 5.75 Å². The number of nitrogens with one attached hydrogen (secondary N) is 1. The van der Waals surface area contributed by atoms with E-state index in [0.717, 1.165) is 34.4 Å². The number of carbonyl (C=O) groups is 2. The molecular formula is C23H29NO4. The summed E-state index contributed by atoms with van der Waals surface area (Å²) < 4.78 is 5.77. The third-order valence-electron chi connectivity index (χ3n) is 4.72. The van der Waals surface area contributed by atoms with Crippen LogP contribution in [0.4, 0.5) is 0 Å². The molecule has 0 unspecified atom stereocenters. The normalized spacial score (nSPS) is 12.9. The molecule has 2 aromatic carbocycles. The largest absolute Gasteiger partial charge is 0.493 e. The van der Waals surface area contributed by atoms with E-state index in [1.165, 1.54) is 0 Å². The summed E-state index contributed by atoms with van der Waals surface area (Å²) in [5.74, 6) is -1.23. The molecule has 0 saturated heterocycles. The second-order valence-electron chi connectivity index (χ2n) is 7.21. The quantitative estimate of drug-likeness (QED) is 0.680. The van der Waals surface area contributed by atoms with Gasteiger partial charge in [0, 0.05) is 0 Å². The molecule has 0 radical (unpaired) electrons. The van der Waals surface area contributed by atoms with Gasteiger partial charge in [0.1, 0.15) is 5.75 Å². The molecule has 2 rings (SSSR count). The van der Waals surface area contributed by atoms with Gasteiger partial charge in [0.2, 0.25) is 5.91 Å². The number of aryl methyl sites for hydroxylation is 2. The zero-order chi connectivity index (χ0) is 20.7. The Bertz CT molecular complexity index is 814. The fourth-order valence-electron chi connectivity index (χ4n) is 2.93. The molecule has 0 bridgehead atoms. The summed E-state index contributed by atoms with van der Waals surface area (Å²) in [6, 6.07) is 12.7. The van der Waals surface area contributed by atoms with Gasteiger partial charge >= 0.3 is 5.97 Å². The third-order valence-corrected chi connectivity index (χ3v) is 4.72. The Morgan fingerprint density at radius 1 is 1.11 bits per heavy atom. The minimum Gasteiger partial charge on any atom is -0.493 e. The molecule has 28 heavy (non-hydrogen) atoms. The fraction of sp³-hybridized carbons (Fsp3) is 0.391. The van der Waals surface area contributed by atoms with E-state index < -0.39 is 17.9 Å². The molecule has 0 saturated carbocycles. The Morgan fingerprint density at radius 3 is 2.39 bits per heavy atom. The first-order valence-corrected chi connectivity index (χ1v) is 9.62. The topological polar surface area (TPSA) is 75.6 Å². The first-order valence-electron chi connectivity index (χ1n) is 9.62. The van der Waals surface area contributed by atoms with Crippen LogP contribution in [-0.2, 0) is 16.0 Å². The van der Waals surface area contributed by atoms with Crippen molar-refractivity contribution in [1.29, 1.82) is 0 Å². The van der Waals surface area contributed by atoms with Crippen molar-refractivity contribution in [3.63, 3.8) is 0 Å². The molecular weight excluding hydrogens is 354 g/mol. The highest BCUT2D eigenvalue weighted by Gasteiger charge is 2.27. The highest BCUT2D eigenvalue weighted by atomic mass is 16.5. The van der Waals surface area contributed by atoms with Crippen LogP contribution in [0.15, 0.2) is 42.5 Å². The van der Waals surface area contributed by atoms with Crippen molar-refractivity contribution < 1.29 is 19.4 Å². The maximum atomic E-state index is 12.6. The minimum absolute atomic E-state index is 0.203. The first kappa shape index (κ1) is 21.5. The van der Waals surface area contributed by atoms with Gasteiger partial charge in [-0.3, -0.25) is 9.59 Å². The second kappa shape index (κ2) is 9.93. The van der Waals surface area contributed by atoms with Crippen molar-refractivity contribution in [2.45, 2.75) is 46.6 Å². The highest BCUT2D eigenvalue weighted by molar-refractivity contribution is 5.80. The van der Waals surface area contributed by atoms with E-state index in [-0.39, 0.29) is 12.3 Å². The molecule has 0 spiro atoms. The minimum atomic E-state index is -0.961. The summed E-state index contributed by atoms with van der Waals surface area (Å²) in [7, 11) is 0. The predicted molar refractivity (Wildman–Crippen MR) is 110 cm³/mol. The van der Waals surface area contributed by atoms with Crippen LogP contribution in [0.25, 0.3) is 0 Å². The molecule has 0 aromatic heterocycles. The Labute approximate surface area is 166 Å². The van der Waals surface area contributed by atoms with Gasteiger partial charge in [-0.2, -0.15) is 0 Å². The van der Waals surface area contributed by atoms with Crippen LogP contribution in [0.3, 0.4) is 0 Å². The van der Waals surface area contributed by atoms with Crippen molar-refractivity contribution in [1.82, 2.24) is 5.32 Å². The summed E-state index contributed by atoms with van der Waals surface area (Å²) in [6.45, 7) is 8.15.